The first-order valence-electron chi connectivity index (χ1n) is 7.39. The molecule has 116 valence electrons. The van der Waals surface area contributed by atoms with Crippen molar-refractivity contribution in [3.8, 4) is 5.75 Å². The van der Waals surface area contributed by atoms with Crippen LogP contribution in [-0.2, 0) is 11.2 Å². The summed E-state index contributed by atoms with van der Waals surface area (Å²) in [6.45, 7) is 4.82. The topological polar surface area (TPSA) is 42.4 Å². The molecule has 1 aromatic heterocycles. The Morgan fingerprint density at radius 1 is 1.14 bits per heavy atom. The molecule has 0 N–H and O–H groups in total. The van der Waals surface area contributed by atoms with Crippen LogP contribution in [0.3, 0.4) is 0 Å². The van der Waals surface area contributed by atoms with Crippen LogP contribution < -0.4 is 4.74 Å². The zero-order valence-corrected chi connectivity index (χ0v) is 13.4. The Bertz CT molecular complexity index is 626. The first-order chi connectivity index (χ1) is 10.6. The highest BCUT2D eigenvalue weighted by Gasteiger charge is 2.10. The van der Waals surface area contributed by atoms with Gasteiger partial charge in [0.1, 0.15) is 5.75 Å². The van der Waals surface area contributed by atoms with Crippen LogP contribution in [0.5, 0.6) is 5.75 Å². The van der Waals surface area contributed by atoms with E-state index in [1.54, 1.807) is 24.3 Å². The maximum absolute atomic E-state index is 12.1. The Morgan fingerprint density at radius 2 is 1.86 bits per heavy atom. The number of carbonyl (C=O) groups excluding carboxylic acids is 1. The minimum Gasteiger partial charge on any atom is -0.484 e. The lowest BCUT2D eigenvalue weighted by atomic mass is 10.1. The predicted molar refractivity (Wildman–Crippen MR) is 87.0 cm³/mol. The lowest BCUT2D eigenvalue weighted by molar-refractivity contribution is -0.132. The predicted octanol–water partition coefficient (Wildman–Crippen LogP) is 2.78. The Hall–Kier alpha value is -2.36. The molecule has 0 spiro atoms. The molecule has 0 saturated heterocycles. The molecule has 0 fully saturated rings. The van der Waals surface area contributed by atoms with Crippen LogP contribution in [0, 0.1) is 13.8 Å². The molecule has 4 heteroatoms. The summed E-state index contributed by atoms with van der Waals surface area (Å²) in [4.78, 5) is 17.8. The van der Waals surface area contributed by atoms with Gasteiger partial charge in [0.05, 0.1) is 0 Å². The Labute approximate surface area is 131 Å². The molecule has 22 heavy (non-hydrogen) atoms. The van der Waals surface area contributed by atoms with Gasteiger partial charge in [0.15, 0.2) is 6.61 Å². The van der Waals surface area contributed by atoms with Crippen molar-refractivity contribution < 1.29 is 9.53 Å². The summed E-state index contributed by atoms with van der Waals surface area (Å²) in [6.07, 6.45) is 4.34. The molecule has 0 aliphatic carbocycles. The third-order valence-corrected chi connectivity index (χ3v) is 3.75. The Morgan fingerprint density at radius 3 is 2.55 bits per heavy atom. The number of nitrogens with zero attached hydrogens (tertiary/aromatic N) is 2. The summed E-state index contributed by atoms with van der Waals surface area (Å²) in [5, 5.41) is 0. The van der Waals surface area contributed by atoms with Gasteiger partial charge in [-0.15, -0.1) is 0 Å². The van der Waals surface area contributed by atoms with Gasteiger partial charge in [-0.1, -0.05) is 6.07 Å². The van der Waals surface area contributed by atoms with Crippen molar-refractivity contribution in [2.24, 2.45) is 0 Å². The number of hydrogen-bond acceptors (Lipinski definition) is 3. The number of aryl methyl sites for hydroxylation is 2. The van der Waals surface area contributed by atoms with Gasteiger partial charge < -0.3 is 9.64 Å². The fourth-order valence-electron chi connectivity index (χ4n) is 2.03. The molecular formula is C18H22N2O2. The third kappa shape index (κ3) is 4.58. The van der Waals surface area contributed by atoms with E-state index in [9.17, 15) is 4.79 Å². The van der Waals surface area contributed by atoms with Gasteiger partial charge in [-0.25, -0.2) is 0 Å². The summed E-state index contributed by atoms with van der Waals surface area (Å²) in [5.41, 5.74) is 3.55. The highest BCUT2D eigenvalue weighted by molar-refractivity contribution is 5.77. The average molecular weight is 298 g/mol. The maximum Gasteiger partial charge on any atom is 0.260 e. The smallest absolute Gasteiger partial charge is 0.260 e. The minimum absolute atomic E-state index is 0.0210. The van der Waals surface area contributed by atoms with Crippen LogP contribution in [0.2, 0.25) is 0 Å². The highest BCUT2D eigenvalue weighted by Crippen LogP contribution is 2.16. The second kappa shape index (κ2) is 7.59. The lowest BCUT2D eigenvalue weighted by Crippen LogP contribution is -2.33. The van der Waals surface area contributed by atoms with E-state index in [0.717, 1.165) is 17.7 Å². The molecule has 4 nitrogen and oxygen atoms in total. The fourth-order valence-corrected chi connectivity index (χ4v) is 2.03. The van der Waals surface area contributed by atoms with Gasteiger partial charge in [-0.05, 0) is 61.2 Å². The quantitative estimate of drug-likeness (QED) is 0.823. The molecule has 0 radical (unpaired) electrons. The summed E-state index contributed by atoms with van der Waals surface area (Å²) in [5.74, 6) is 0.714. The number of rotatable bonds is 6. The van der Waals surface area contributed by atoms with Crippen molar-refractivity contribution >= 4 is 5.91 Å². The second-order valence-electron chi connectivity index (χ2n) is 5.46. The van der Waals surface area contributed by atoms with Gasteiger partial charge >= 0.3 is 0 Å². The molecule has 0 unspecified atom stereocenters. The van der Waals surface area contributed by atoms with Crippen molar-refractivity contribution in [1.82, 2.24) is 9.88 Å². The van der Waals surface area contributed by atoms with E-state index in [2.05, 4.69) is 11.9 Å². The average Bonchev–Trinajstić information content (AvgIpc) is 2.54. The molecule has 2 rings (SSSR count). The molecule has 0 bridgehead atoms. The molecular weight excluding hydrogens is 276 g/mol. The van der Waals surface area contributed by atoms with Crippen molar-refractivity contribution in [3.63, 3.8) is 0 Å². The summed E-state index contributed by atoms with van der Waals surface area (Å²) < 4.78 is 5.58. The van der Waals surface area contributed by atoms with Crippen LogP contribution in [0.1, 0.15) is 16.7 Å². The van der Waals surface area contributed by atoms with Gasteiger partial charge in [0.2, 0.25) is 0 Å². The van der Waals surface area contributed by atoms with E-state index in [4.69, 9.17) is 4.74 Å². The number of amides is 1. The molecule has 1 amide bonds. The third-order valence-electron chi connectivity index (χ3n) is 3.75. The van der Waals surface area contributed by atoms with Crippen LogP contribution >= 0.6 is 0 Å². The molecule has 0 saturated carbocycles. The number of aromatic nitrogens is 1. The van der Waals surface area contributed by atoms with Gasteiger partial charge in [0, 0.05) is 26.0 Å². The van der Waals surface area contributed by atoms with Crippen molar-refractivity contribution in [2.75, 3.05) is 20.2 Å². The number of likely N-dealkylation sites (N-methyl/N-ethyl adjacent to an activating group) is 1. The molecule has 0 aliphatic heterocycles. The standard InChI is InChI=1S/C18H22N2O2/c1-14-4-5-17(12-15(14)2)22-13-18(21)20(3)11-8-16-6-9-19-10-7-16/h4-7,9-10,12H,8,11,13H2,1-3H3. The van der Waals surface area contributed by atoms with Crippen LogP contribution in [0.4, 0.5) is 0 Å². The zero-order chi connectivity index (χ0) is 15.9. The van der Waals surface area contributed by atoms with E-state index in [1.165, 1.54) is 11.1 Å². The number of benzene rings is 1. The maximum atomic E-state index is 12.1. The van der Waals surface area contributed by atoms with Crippen LogP contribution in [0.15, 0.2) is 42.7 Å². The van der Waals surface area contributed by atoms with Gasteiger partial charge in [-0.2, -0.15) is 0 Å². The van der Waals surface area contributed by atoms with E-state index in [1.807, 2.05) is 37.3 Å². The monoisotopic (exact) mass is 298 g/mol. The molecule has 2 aromatic rings. The lowest BCUT2D eigenvalue weighted by Gasteiger charge is -2.17. The van der Waals surface area contributed by atoms with Gasteiger partial charge in [-0.3, -0.25) is 9.78 Å². The Kier molecular flexibility index (Phi) is 5.53. The van der Waals surface area contributed by atoms with Crippen LogP contribution in [-0.4, -0.2) is 36.0 Å². The van der Waals surface area contributed by atoms with E-state index < -0.39 is 0 Å². The summed E-state index contributed by atoms with van der Waals surface area (Å²) in [6, 6.07) is 9.78. The summed E-state index contributed by atoms with van der Waals surface area (Å²) >= 11 is 0. The van der Waals surface area contributed by atoms with Crippen molar-refractivity contribution in [3.05, 3.63) is 59.4 Å². The largest absolute Gasteiger partial charge is 0.484 e. The molecule has 1 heterocycles. The molecule has 1 aromatic carbocycles. The number of pyridine rings is 1. The summed E-state index contributed by atoms with van der Waals surface area (Å²) in [7, 11) is 1.80. The Balaban J connectivity index is 1.79. The van der Waals surface area contributed by atoms with Crippen molar-refractivity contribution in [2.45, 2.75) is 20.3 Å². The van der Waals surface area contributed by atoms with E-state index in [-0.39, 0.29) is 12.5 Å². The minimum atomic E-state index is -0.0210. The zero-order valence-electron chi connectivity index (χ0n) is 13.4. The van der Waals surface area contributed by atoms with E-state index >= 15 is 0 Å². The van der Waals surface area contributed by atoms with Gasteiger partial charge in [0.25, 0.3) is 5.91 Å². The van der Waals surface area contributed by atoms with E-state index in [0.29, 0.717) is 6.54 Å². The SMILES string of the molecule is Cc1ccc(OCC(=O)N(C)CCc2ccncc2)cc1C. The first kappa shape index (κ1) is 16.0. The molecule has 0 atom stereocenters. The second-order valence-corrected chi connectivity index (χ2v) is 5.46. The first-order valence-corrected chi connectivity index (χ1v) is 7.39. The van der Waals surface area contributed by atoms with Crippen LogP contribution in [0.25, 0.3) is 0 Å². The highest BCUT2D eigenvalue weighted by atomic mass is 16.5. The molecule has 0 aliphatic rings. The number of ether oxygens (including phenoxy) is 1. The fraction of sp³-hybridized carbons (Fsp3) is 0.333. The number of carbonyl (C=O) groups is 1. The number of hydrogen-bond donors (Lipinski definition) is 0. The normalized spacial score (nSPS) is 10.3. The van der Waals surface area contributed by atoms with Crippen molar-refractivity contribution in [1.29, 1.82) is 0 Å².